The van der Waals surface area contributed by atoms with Crippen LogP contribution in [0.1, 0.15) is 12.5 Å². The van der Waals surface area contributed by atoms with Crippen LogP contribution in [0.2, 0.25) is 0 Å². The summed E-state index contributed by atoms with van der Waals surface area (Å²) >= 11 is 5.35. The third-order valence-corrected chi connectivity index (χ3v) is 7.00. The highest BCUT2D eigenvalue weighted by Gasteiger charge is 2.32. The summed E-state index contributed by atoms with van der Waals surface area (Å²) < 4.78 is 36.4. The van der Waals surface area contributed by atoms with Crippen molar-refractivity contribution in [1.82, 2.24) is 39.4 Å². The van der Waals surface area contributed by atoms with Crippen LogP contribution in [0.5, 0.6) is 11.5 Å². The molecule has 0 bridgehead atoms. The van der Waals surface area contributed by atoms with Crippen LogP contribution in [0, 0.1) is 12.7 Å². The second-order valence-electron chi connectivity index (χ2n) is 9.46. The molecule has 12 nitrogen and oxygen atoms in total. The van der Waals surface area contributed by atoms with E-state index in [0.29, 0.717) is 52.8 Å². The Kier molecular flexibility index (Phi) is 6.91. The number of ether oxygens (including phenoxy) is 1. The first kappa shape index (κ1) is 26.5. The fourth-order valence-electron chi connectivity index (χ4n) is 4.67. The number of aromatic nitrogens is 7. The molecule has 5 heterocycles. The lowest BCUT2D eigenvalue weighted by molar-refractivity contribution is -0.136. The number of carbonyl (C=O) groups excluding carboxylic acids is 1. The zero-order chi connectivity index (χ0) is 28.7. The third-order valence-electron chi connectivity index (χ3n) is 6.81. The first-order valence-corrected chi connectivity index (χ1v) is 13.1. The molecule has 0 radical (unpaired) electrons. The number of hydrogen-bond acceptors (Lipinski definition) is 10. The van der Waals surface area contributed by atoms with Gasteiger partial charge in [-0.05, 0) is 32.0 Å². The van der Waals surface area contributed by atoms with Crippen LogP contribution in [0.4, 0.5) is 26.2 Å². The predicted molar refractivity (Wildman–Crippen MR) is 147 cm³/mol. The number of pyridine rings is 1. The molecule has 5 aromatic rings. The number of carbonyl (C=O) groups is 1. The van der Waals surface area contributed by atoms with E-state index in [-0.39, 0.29) is 24.1 Å². The van der Waals surface area contributed by atoms with Crippen molar-refractivity contribution in [3.63, 3.8) is 0 Å². The molecule has 0 saturated carbocycles. The van der Waals surface area contributed by atoms with Crippen molar-refractivity contribution in [2.24, 2.45) is 0 Å². The average molecular weight is 581 g/mol. The van der Waals surface area contributed by atoms with E-state index < -0.39 is 17.4 Å². The lowest BCUT2D eigenvalue weighted by Gasteiger charge is -2.39. The first-order chi connectivity index (χ1) is 19.8. The molecule has 210 valence electrons. The van der Waals surface area contributed by atoms with Crippen molar-refractivity contribution < 1.29 is 18.3 Å². The number of amides is 1. The minimum atomic E-state index is -2.08. The standard InChI is InChI=1S/C26H23ClF2N10O2/c1-14-11-37(7-8-38(14)25(40)23(27)29)26-30-10-18-22(36-26)24(33-12-31-18)35-17-3-4-19(15(2)21(17)28)41-16-5-6-39-20(9-16)32-13-34-39/h3-6,9-10,12-14,23H,7-8,11H2,1-2H3,(H,31,33,35)/t14-,23?/m1/s1. The van der Waals surface area contributed by atoms with E-state index in [1.54, 1.807) is 55.0 Å². The SMILES string of the molecule is Cc1c(Oc2ccn3ncnc3c2)ccc(Nc2ncnc3cnc(N4CCN(C(=O)C(F)Cl)[C@H](C)C4)nc23)c1F. The monoisotopic (exact) mass is 580 g/mol. The Bertz CT molecular complexity index is 1770. The lowest BCUT2D eigenvalue weighted by Crippen LogP contribution is -2.55. The zero-order valence-corrected chi connectivity index (χ0v) is 22.6. The molecule has 4 aromatic heterocycles. The van der Waals surface area contributed by atoms with Crippen molar-refractivity contribution in [2.75, 3.05) is 29.9 Å². The van der Waals surface area contributed by atoms with Gasteiger partial charge in [-0.15, -0.1) is 0 Å². The number of fused-ring (bicyclic) bond motifs is 2. The molecule has 1 aliphatic heterocycles. The van der Waals surface area contributed by atoms with Crippen molar-refractivity contribution in [3.8, 4) is 11.5 Å². The Morgan fingerprint density at radius 1 is 1.17 bits per heavy atom. The van der Waals surface area contributed by atoms with Gasteiger partial charge in [0.1, 0.15) is 35.2 Å². The molecule has 0 spiro atoms. The van der Waals surface area contributed by atoms with E-state index >= 15 is 4.39 Å². The van der Waals surface area contributed by atoms with Crippen molar-refractivity contribution in [1.29, 1.82) is 0 Å². The molecular formula is C26H23ClF2N10O2. The highest BCUT2D eigenvalue weighted by atomic mass is 35.5. The summed E-state index contributed by atoms with van der Waals surface area (Å²) in [6.07, 6.45) is 6.02. The summed E-state index contributed by atoms with van der Waals surface area (Å²) in [6.45, 7) is 4.42. The molecule has 2 atom stereocenters. The molecule has 1 unspecified atom stereocenters. The summed E-state index contributed by atoms with van der Waals surface area (Å²) in [5.41, 5.74) is -0.182. The number of alkyl halides is 2. The van der Waals surface area contributed by atoms with Crippen molar-refractivity contribution >= 4 is 51.6 Å². The molecule has 6 rings (SSSR count). The highest BCUT2D eigenvalue weighted by molar-refractivity contribution is 6.29. The Balaban J connectivity index is 1.24. The number of benzene rings is 1. The number of rotatable bonds is 6. The first-order valence-electron chi connectivity index (χ1n) is 12.6. The van der Waals surface area contributed by atoms with Crippen LogP contribution in [0.3, 0.4) is 0 Å². The van der Waals surface area contributed by atoms with Crippen LogP contribution in [0.15, 0.2) is 49.3 Å². The fraction of sp³-hybridized carbons (Fsp3) is 0.269. The van der Waals surface area contributed by atoms with Gasteiger partial charge in [-0.2, -0.15) is 5.10 Å². The summed E-state index contributed by atoms with van der Waals surface area (Å²) in [7, 11) is 0. The van der Waals surface area contributed by atoms with Gasteiger partial charge in [0.2, 0.25) is 5.95 Å². The fourth-order valence-corrected chi connectivity index (χ4v) is 4.80. The Labute approximate surface area is 237 Å². The van der Waals surface area contributed by atoms with Gasteiger partial charge in [0, 0.05) is 43.5 Å². The molecule has 41 heavy (non-hydrogen) atoms. The Hall–Kier alpha value is -4.72. The predicted octanol–water partition coefficient (Wildman–Crippen LogP) is 4.02. The number of anilines is 3. The number of halogens is 3. The van der Waals surface area contributed by atoms with Gasteiger partial charge >= 0.3 is 0 Å². The van der Waals surface area contributed by atoms with Gasteiger partial charge < -0.3 is 19.9 Å². The Morgan fingerprint density at radius 3 is 2.83 bits per heavy atom. The largest absolute Gasteiger partial charge is 0.457 e. The number of piperazine rings is 1. The zero-order valence-electron chi connectivity index (χ0n) is 21.9. The van der Waals surface area contributed by atoms with Gasteiger partial charge in [-0.1, -0.05) is 11.6 Å². The molecule has 1 amide bonds. The highest BCUT2D eigenvalue weighted by Crippen LogP contribution is 2.33. The van der Waals surface area contributed by atoms with Crippen molar-refractivity contribution in [3.05, 3.63) is 60.7 Å². The molecule has 1 aromatic carbocycles. The minimum Gasteiger partial charge on any atom is -0.457 e. The van der Waals surface area contributed by atoms with E-state index in [1.807, 2.05) is 4.90 Å². The van der Waals surface area contributed by atoms with Gasteiger partial charge in [0.25, 0.3) is 11.5 Å². The number of nitrogens with one attached hydrogen (secondary N) is 1. The van der Waals surface area contributed by atoms with E-state index in [2.05, 4.69) is 35.3 Å². The van der Waals surface area contributed by atoms with Gasteiger partial charge in [0.05, 0.1) is 11.9 Å². The average Bonchev–Trinajstić information content (AvgIpc) is 3.44. The quantitative estimate of drug-likeness (QED) is 0.294. The van der Waals surface area contributed by atoms with Gasteiger partial charge in [-0.25, -0.2) is 38.2 Å². The maximum Gasteiger partial charge on any atom is 0.273 e. The maximum atomic E-state index is 15.5. The van der Waals surface area contributed by atoms with E-state index in [4.69, 9.17) is 16.3 Å². The Morgan fingerprint density at radius 2 is 2.02 bits per heavy atom. The topological polar surface area (TPSA) is 127 Å². The summed E-state index contributed by atoms with van der Waals surface area (Å²) in [6, 6.07) is 6.31. The summed E-state index contributed by atoms with van der Waals surface area (Å²) in [4.78, 5) is 37.0. The van der Waals surface area contributed by atoms with Gasteiger partial charge in [-0.3, -0.25) is 4.79 Å². The third kappa shape index (κ3) is 5.13. The molecule has 1 fully saturated rings. The van der Waals surface area contributed by atoms with E-state index in [0.717, 1.165) is 0 Å². The molecule has 0 aliphatic carbocycles. The molecule has 1 saturated heterocycles. The van der Waals surface area contributed by atoms with Crippen LogP contribution in [0.25, 0.3) is 16.7 Å². The molecule has 1 aliphatic rings. The summed E-state index contributed by atoms with van der Waals surface area (Å²) in [5, 5.41) is 7.07. The van der Waals surface area contributed by atoms with Crippen LogP contribution in [-0.2, 0) is 4.79 Å². The number of hydrogen-bond donors (Lipinski definition) is 1. The second kappa shape index (κ2) is 10.7. The number of nitrogens with zero attached hydrogens (tertiary/aromatic N) is 9. The smallest absolute Gasteiger partial charge is 0.273 e. The van der Waals surface area contributed by atoms with Crippen LogP contribution in [-0.4, -0.2) is 76.6 Å². The normalized spacial score (nSPS) is 16.3. The summed E-state index contributed by atoms with van der Waals surface area (Å²) in [5.74, 6) is 0.213. The van der Waals surface area contributed by atoms with Crippen molar-refractivity contribution in [2.45, 2.75) is 25.5 Å². The molecule has 15 heteroatoms. The van der Waals surface area contributed by atoms with Crippen LogP contribution < -0.4 is 15.0 Å². The lowest BCUT2D eigenvalue weighted by atomic mass is 10.1. The van der Waals surface area contributed by atoms with Gasteiger partial charge in [0.15, 0.2) is 17.3 Å². The maximum absolute atomic E-state index is 15.5. The second-order valence-corrected chi connectivity index (χ2v) is 9.84. The van der Waals surface area contributed by atoms with E-state index in [9.17, 15) is 9.18 Å². The minimum absolute atomic E-state index is 0.172. The molecular weight excluding hydrogens is 558 g/mol. The molecule has 1 N–H and O–H groups in total. The van der Waals surface area contributed by atoms with Crippen LogP contribution >= 0.6 is 11.6 Å². The van der Waals surface area contributed by atoms with E-state index in [1.165, 1.54) is 17.6 Å².